The van der Waals surface area contributed by atoms with Crippen molar-refractivity contribution in [3.63, 3.8) is 0 Å². The summed E-state index contributed by atoms with van der Waals surface area (Å²) in [6, 6.07) is 12.6. The van der Waals surface area contributed by atoms with Crippen molar-refractivity contribution in [2.45, 2.75) is 12.8 Å². The number of thiocarbonyl (C=S) groups is 1. The molecule has 0 aliphatic heterocycles. The van der Waals surface area contributed by atoms with E-state index >= 15 is 0 Å². The minimum Gasteiger partial charge on any atom is -0.490 e. The van der Waals surface area contributed by atoms with Crippen LogP contribution in [0.4, 0.5) is 5.69 Å². The van der Waals surface area contributed by atoms with Gasteiger partial charge in [-0.1, -0.05) is 12.1 Å². The summed E-state index contributed by atoms with van der Waals surface area (Å²) in [5.74, 6) is 0.357. The Hall–Kier alpha value is -2.49. The Morgan fingerprint density at radius 1 is 1.13 bits per heavy atom. The highest BCUT2D eigenvalue weighted by Crippen LogP contribution is 2.26. The van der Waals surface area contributed by atoms with E-state index < -0.39 is 0 Å². The van der Waals surface area contributed by atoms with Gasteiger partial charge in [0.05, 0.1) is 11.1 Å². The molecule has 7 nitrogen and oxygen atoms in total. The van der Waals surface area contributed by atoms with Crippen LogP contribution in [0.25, 0.3) is 0 Å². The van der Waals surface area contributed by atoms with E-state index in [0.29, 0.717) is 41.8 Å². The second kappa shape index (κ2) is 12.4. The van der Waals surface area contributed by atoms with Gasteiger partial charge in [0.15, 0.2) is 5.11 Å². The SMILES string of the molecule is COCCOc1ccc(C(=O)NC(=S)Nc2cccc(CCC(=O)N(C)C)c2)cc1Br. The molecule has 31 heavy (non-hydrogen) atoms. The Balaban J connectivity index is 1.92. The van der Waals surface area contributed by atoms with Gasteiger partial charge in [0.2, 0.25) is 5.91 Å². The Morgan fingerprint density at radius 2 is 1.90 bits per heavy atom. The summed E-state index contributed by atoms with van der Waals surface area (Å²) < 4.78 is 11.2. The average Bonchev–Trinajstić information content (AvgIpc) is 2.73. The number of carbonyl (C=O) groups excluding carboxylic acids is 2. The number of halogens is 1. The predicted molar refractivity (Wildman–Crippen MR) is 129 cm³/mol. The highest BCUT2D eigenvalue weighted by Gasteiger charge is 2.12. The number of methoxy groups -OCH3 is 1. The van der Waals surface area contributed by atoms with E-state index in [0.717, 1.165) is 11.3 Å². The van der Waals surface area contributed by atoms with Crippen LogP contribution in [0, 0.1) is 0 Å². The fourth-order valence-electron chi connectivity index (χ4n) is 2.61. The van der Waals surface area contributed by atoms with Gasteiger partial charge < -0.3 is 19.7 Å². The van der Waals surface area contributed by atoms with Crippen molar-refractivity contribution in [3.8, 4) is 5.75 Å². The fraction of sp³-hybridized carbons (Fsp3) is 0.318. The average molecular weight is 508 g/mol. The highest BCUT2D eigenvalue weighted by atomic mass is 79.9. The highest BCUT2D eigenvalue weighted by molar-refractivity contribution is 9.10. The normalized spacial score (nSPS) is 10.3. The van der Waals surface area contributed by atoms with Gasteiger partial charge in [0, 0.05) is 38.9 Å². The number of carbonyl (C=O) groups is 2. The first kappa shape index (κ1) is 24.8. The standard InChI is InChI=1S/C22H26BrN3O4S/c1-26(2)20(27)10-7-15-5-4-6-17(13-15)24-22(31)25-21(28)16-8-9-19(18(23)14-16)30-12-11-29-3/h4-6,8-9,13-14H,7,10-12H2,1-3H3,(H2,24,25,28,31). The summed E-state index contributed by atoms with van der Waals surface area (Å²) in [6.45, 7) is 0.888. The summed E-state index contributed by atoms with van der Waals surface area (Å²) in [5, 5.41) is 5.86. The summed E-state index contributed by atoms with van der Waals surface area (Å²) >= 11 is 8.68. The molecule has 0 radical (unpaired) electrons. The minimum atomic E-state index is -0.339. The third-order valence-corrected chi connectivity index (χ3v) is 5.10. The molecule has 2 N–H and O–H groups in total. The number of anilines is 1. The lowest BCUT2D eigenvalue weighted by atomic mass is 10.1. The zero-order valence-electron chi connectivity index (χ0n) is 17.7. The van der Waals surface area contributed by atoms with Crippen molar-refractivity contribution < 1.29 is 19.1 Å². The van der Waals surface area contributed by atoms with Crippen molar-refractivity contribution in [1.29, 1.82) is 0 Å². The lowest BCUT2D eigenvalue weighted by molar-refractivity contribution is -0.128. The van der Waals surface area contributed by atoms with Gasteiger partial charge in [-0.05, 0) is 70.5 Å². The Bertz CT molecular complexity index is 937. The minimum absolute atomic E-state index is 0.0717. The molecule has 0 aliphatic carbocycles. The third-order valence-electron chi connectivity index (χ3n) is 4.28. The number of nitrogens with one attached hydrogen (secondary N) is 2. The predicted octanol–water partition coefficient (Wildman–Crippen LogP) is 3.62. The molecular weight excluding hydrogens is 482 g/mol. The van der Waals surface area contributed by atoms with Gasteiger partial charge in [0.1, 0.15) is 12.4 Å². The second-order valence-corrected chi connectivity index (χ2v) is 8.15. The molecule has 9 heteroatoms. The zero-order valence-corrected chi connectivity index (χ0v) is 20.1. The molecule has 0 bridgehead atoms. The van der Waals surface area contributed by atoms with Gasteiger partial charge in [-0.15, -0.1) is 0 Å². The molecule has 0 heterocycles. The molecule has 0 spiro atoms. The molecule has 0 aromatic heterocycles. The van der Waals surface area contributed by atoms with Gasteiger partial charge in [-0.3, -0.25) is 14.9 Å². The van der Waals surface area contributed by atoms with Gasteiger partial charge >= 0.3 is 0 Å². The van der Waals surface area contributed by atoms with Crippen molar-refractivity contribution in [2.75, 3.05) is 39.7 Å². The summed E-state index contributed by atoms with van der Waals surface area (Å²) in [4.78, 5) is 25.9. The molecule has 2 aromatic carbocycles. The number of hydrogen-bond acceptors (Lipinski definition) is 5. The molecule has 2 amide bonds. The number of aryl methyl sites for hydroxylation is 1. The van der Waals surface area contributed by atoms with Crippen molar-refractivity contribution in [1.82, 2.24) is 10.2 Å². The number of ether oxygens (including phenoxy) is 2. The van der Waals surface area contributed by atoms with Crippen LogP contribution in [-0.2, 0) is 16.0 Å². The first-order valence-electron chi connectivity index (χ1n) is 9.63. The Kier molecular flexibility index (Phi) is 9.90. The molecule has 0 saturated carbocycles. The van der Waals surface area contributed by atoms with E-state index in [4.69, 9.17) is 21.7 Å². The largest absolute Gasteiger partial charge is 0.490 e. The van der Waals surface area contributed by atoms with Crippen LogP contribution in [0.15, 0.2) is 46.9 Å². The molecular formula is C22H26BrN3O4S. The topological polar surface area (TPSA) is 79.9 Å². The van der Waals surface area contributed by atoms with E-state index in [9.17, 15) is 9.59 Å². The van der Waals surface area contributed by atoms with E-state index in [-0.39, 0.29) is 16.9 Å². The molecule has 0 saturated heterocycles. The fourth-order valence-corrected chi connectivity index (χ4v) is 3.31. The zero-order chi connectivity index (χ0) is 22.8. The molecule has 0 aliphatic rings. The van der Waals surface area contributed by atoms with Crippen LogP contribution < -0.4 is 15.4 Å². The molecule has 2 rings (SSSR count). The van der Waals surface area contributed by atoms with Gasteiger partial charge in [0.25, 0.3) is 5.91 Å². The van der Waals surface area contributed by atoms with Crippen LogP contribution in [0.1, 0.15) is 22.3 Å². The maximum Gasteiger partial charge on any atom is 0.257 e. The molecule has 0 atom stereocenters. The Labute approximate surface area is 196 Å². The summed E-state index contributed by atoms with van der Waals surface area (Å²) in [6.07, 6.45) is 1.05. The van der Waals surface area contributed by atoms with Crippen molar-refractivity contribution in [3.05, 3.63) is 58.1 Å². The third kappa shape index (κ3) is 8.28. The van der Waals surface area contributed by atoms with Gasteiger partial charge in [-0.25, -0.2) is 0 Å². The van der Waals surface area contributed by atoms with Crippen LogP contribution in [0.2, 0.25) is 0 Å². The van der Waals surface area contributed by atoms with Crippen LogP contribution in [0.3, 0.4) is 0 Å². The van der Waals surface area contributed by atoms with Crippen LogP contribution >= 0.6 is 28.1 Å². The number of amides is 2. The lowest BCUT2D eigenvalue weighted by Gasteiger charge is -2.13. The summed E-state index contributed by atoms with van der Waals surface area (Å²) in [7, 11) is 5.08. The maximum absolute atomic E-state index is 12.5. The van der Waals surface area contributed by atoms with E-state index in [2.05, 4.69) is 26.6 Å². The maximum atomic E-state index is 12.5. The summed E-state index contributed by atoms with van der Waals surface area (Å²) in [5.41, 5.74) is 2.18. The van der Waals surface area contributed by atoms with E-state index in [1.165, 1.54) is 0 Å². The molecule has 0 fully saturated rings. The van der Waals surface area contributed by atoms with E-state index in [1.807, 2.05) is 24.3 Å². The number of benzene rings is 2. The quantitative estimate of drug-likeness (QED) is 0.398. The van der Waals surface area contributed by atoms with Crippen LogP contribution in [-0.4, -0.2) is 56.2 Å². The second-order valence-electron chi connectivity index (χ2n) is 6.88. The number of nitrogens with zero attached hydrogens (tertiary/aromatic N) is 1. The first-order chi connectivity index (χ1) is 14.8. The van der Waals surface area contributed by atoms with Crippen molar-refractivity contribution >= 4 is 50.8 Å². The monoisotopic (exact) mass is 507 g/mol. The smallest absolute Gasteiger partial charge is 0.257 e. The first-order valence-corrected chi connectivity index (χ1v) is 10.8. The van der Waals surface area contributed by atoms with Crippen LogP contribution in [0.5, 0.6) is 5.75 Å². The number of hydrogen-bond donors (Lipinski definition) is 2. The lowest BCUT2D eigenvalue weighted by Crippen LogP contribution is -2.34. The molecule has 166 valence electrons. The Morgan fingerprint density at radius 3 is 2.58 bits per heavy atom. The molecule has 2 aromatic rings. The molecule has 0 unspecified atom stereocenters. The van der Waals surface area contributed by atoms with Crippen molar-refractivity contribution in [2.24, 2.45) is 0 Å². The number of rotatable bonds is 9. The van der Waals surface area contributed by atoms with E-state index in [1.54, 1.807) is 44.3 Å². The van der Waals surface area contributed by atoms with Gasteiger partial charge in [-0.2, -0.15) is 0 Å².